The number of rotatable bonds is 3. The SMILES string of the molecule is Cc1cc(CN)nc(Oc2cccc(Cl)c2)n1. The zero-order valence-electron chi connectivity index (χ0n) is 9.35. The van der Waals surface area contributed by atoms with Gasteiger partial charge in [0.1, 0.15) is 5.75 Å². The van der Waals surface area contributed by atoms with Crippen molar-refractivity contribution in [2.45, 2.75) is 13.5 Å². The van der Waals surface area contributed by atoms with Crippen molar-refractivity contribution in [3.05, 3.63) is 46.7 Å². The van der Waals surface area contributed by atoms with Crippen LogP contribution >= 0.6 is 11.6 Å². The highest BCUT2D eigenvalue weighted by Gasteiger charge is 2.04. The Labute approximate surface area is 104 Å². The van der Waals surface area contributed by atoms with E-state index in [2.05, 4.69) is 9.97 Å². The fourth-order valence-corrected chi connectivity index (χ4v) is 1.57. The number of nitrogens with zero attached hydrogens (tertiary/aromatic N) is 2. The maximum absolute atomic E-state index is 5.86. The molecule has 0 saturated carbocycles. The third-order valence-electron chi connectivity index (χ3n) is 2.10. The van der Waals surface area contributed by atoms with Gasteiger partial charge in [-0.25, -0.2) is 4.98 Å². The molecule has 0 bridgehead atoms. The molecular weight excluding hydrogens is 238 g/mol. The van der Waals surface area contributed by atoms with Gasteiger partial charge in [-0.15, -0.1) is 0 Å². The van der Waals surface area contributed by atoms with Crippen LogP contribution in [0.15, 0.2) is 30.3 Å². The monoisotopic (exact) mass is 249 g/mol. The molecule has 2 N–H and O–H groups in total. The maximum atomic E-state index is 5.86. The van der Waals surface area contributed by atoms with Crippen LogP contribution in [0.4, 0.5) is 0 Å². The molecule has 0 unspecified atom stereocenters. The molecule has 2 rings (SSSR count). The second-order valence-corrected chi connectivity index (χ2v) is 3.98. The van der Waals surface area contributed by atoms with E-state index in [0.717, 1.165) is 11.4 Å². The molecular formula is C12H12ClN3O. The smallest absolute Gasteiger partial charge is 0.322 e. The molecule has 1 heterocycles. The first kappa shape index (κ1) is 11.8. The van der Waals surface area contributed by atoms with E-state index in [1.165, 1.54) is 0 Å². The summed E-state index contributed by atoms with van der Waals surface area (Å²) in [7, 11) is 0. The van der Waals surface area contributed by atoms with Gasteiger partial charge in [0.05, 0.1) is 5.69 Å². The Balaban J connectivity index is 2.26. The van der Waals surface area contributed by atoms with Crippen LogP contribution in [0.1, 0.15) is 11.4 Å². The molecule has 0 amide bonds. The number of benzene rings is 1. The average molecular weight is 250 g/mol. The van der Waals surface area contributed by atoms with Crippen LogP contribution in [0.2, 0.25) is 5.02 Å². The third-order valence-corrected chi connectivity index (χ3v) is 2.34. The van der Waals surface area contributed by atoms with Gasteiger partial charge >= 0.3 is 6.01 Å². The van der Waals surface area contributed by atoms with Crippen LogP contribution in [0.5, 0.6) is 11.8 Å². The van der Waals surface area contributed by atoms with Gasteiger partial charge in [-0.05, 0) is 31.2 Å². The van der Waals surface area contributed by atoms with Crippen molar-refractivity contribution in [2.24, 2.45) is 5.73 Å². The minimum atomic E-state index is 0.285. The predicted octanol–water partition coefficient (Wildman–Crippen LogP) is 2.69. The number of aryl methyl sites for hydroxylation is 1. The summed E-state index contributed by atoms with van der Waals surface area (Å²) < 4.78 is 5.52. The molecule has 0 aliphatic heterocycles. The molecule has 4 nitrogen and oxygen atoms in total. The van der Waals surface area contributed by atoms with Crippen LogP contribution in [0, 0.1) is 6.92 Å². The summed E-state index contributed by atoms with van der Waals surface area (Å²) in [5.41, 5.74) is 7.10. The molecule has 1 aromatic carbocycles. The lowest BCUT2D eigenvalue weighted by Gasteiger charge is -2.06. The second kappa shape index (κ2) is 5.12. The molecule has 0 aliphatic rings. The quantitative estimate of drug-likeness (QED) is 0.909. The van der Waals surface area contributed by atoms with E-state index in [9.17, 15) is 0 Å². The first-order chi connectivity index (χ1) is 8.17. The van der Waals surface area contributed by atoms with Crippen molar-refractivity contribution < 1.29 is 4.74 Å². The van der Waals surface area contributed by atoms with Crippen molar-refractivity contribution in [3.8, 4) is 11.8 Å². The minimum Gasteiger partial charge on any atom is -0.424 e. The molecule has 0 aliphatic carbocycles. The van der Waals surface area contributed by atoms with Crippen molar-refractivity contribution in [3.63, 3.8) is 0 Å². The van der Waals surface area contributed by atoms with Gasteiger partial charge in [-0.1, -0.05) is 17.7 Å². The first-order valence-electron chi connectivity index (χ1n) is 5.15. The Bertz CT molecular complexity index is 531. The zero-order valence-corrected chi connectivity index (χ0v) is 10.1. The second-order valence-electron chi connectivity index (χ2n) is 3.55. The topological polar surface area (TPSA) is 61.0 Å². The van der Waals surface area contributed by atoms with Crippen molar-refractivity contribution in [1.82, 2.24) is 9.97 Å². The van der Waals surface area contributed by atoms with E-state index < -0.39 is 0 Å². The van der Waals surface area contributed by atoms with Crippen LogP contribution in [0.3, 0.4) is 0 Å². The highest BCUT2D eigenvalue weighted by atomic mass is 35.5. The first-order valence-corrected chi connectivity index (χ1v) is 5.53. The van der Waals surface area contributed by atoms with Crippen LogP contribution in [-0.4, -0.2) is 9.97 Å². The molecule has 0 saturated heterocycles. The zero-order chi connectivity index (χ0) is 12.3. The number of hydrogen-bond acceptors (Lipinski definition) is 4. The molecule has 2 aromatic rings. The summed E-state index contributed by atoms with van der Waals surface area (Å²) in [6.07, 6.45) is 0. The Kier molecular flexibility index (Phi) is 3.56. The van der Waals surface area contributed by atoms with Gasteiger partial charge in [0.2, 0.25) is 0 Å². The number of aromatic nitrogens is 2. The number of nitrogens with two attached hydrogens (primary N) is 1. The van der Waals surface area contributed by atoms with E-state index >= 15 is 0 Å². The van der Waals surface area contributed by atoms with E-state index in [1.54, 1.807) is 24.3 Å². The van der Waals surface area contributed by atoms with Crippen molar-refractivity contribution in [2.75, 3.05) is 0 Å². The van der Waals surface area contributed by atoms with E-state index in [1.807, 2.05) is 13.0 Å². The number of ether oxygens (including phenoxy) is 1. The van der Waals surface area contributed by atoms with Gasteiger partial charge in [-0.2, -0.15) is 4.98 Å². The van der Waals surface area contributed by atoms with Crippen LogP contribution in [-0.2, 0) is 6.54 Å². The normalized spacial score (nSPS) is 10.3. The fourth-order valence-electron chi connectivity index (χ4n) is 1.39. The lowest BCUT2D eigenvalue weighted by atomic mass is 10.3. The molecule has 5 heteroatoms. The van der Waals surface area contributed by atoms with Gasteiger partial charge in [0, 0.05) is 17.3 Å². The molecule has 0 spiro atoms. The lowest BCUT2D eigenvalue weighted by Crippen LogP contribution is -2.03. The number of hydrogen-bond donors (Lipinski definition) is 1. The van der Waals surface area contributed by atoms with Crippen molar-refractivity contribution in [1.29, 1.82) is 0 Å². The Hall–Kier alpha value is -1.65. The molecule has 1 aromatic heterocycles. The summed E-state index contributed by atoms with van der Waals surface area (Å²) in [6, 6.07) is 9.18. The predicted molar refractivity (Wildman–Crippen MR) is 66.2 cm³/mol. The Morgan fingerprint density at radius 2 is 2.12 bits per heavy atom. The minimum absolute atomic E-state index is 0.285. The standard InChI is InChI=1S/C12H12ClN3O/c1-8-5-10(7-14)16-12(15-8)17-11-4-2-3-9(13)6-11/h2-6H,7,14H2,1H3. The van der Waals surface area contributed by atoms with Crippen LogP contribution < -0.4 is 10.5 Å². The van der Waals surface area contributed by atoms with Gasteiger partial charge in [0.25, 0.3) is 0 Å². The van der Waals surface area contributed by atoms with Gasteiger partial charge in [-0.3, -0.25) is 0 Å². The van der Waals surface area contributed by atoms with Gasteiger partial charge < -0.3 is 10.5 Å². The van der Waals surface area contributed by atoms with Crippen molar-refractivity contribution >= 4 is 11.6 Å². The van der Waals surface area contributed by atoms with E-state index in [-0.39, 0.29) is 6.01 Å². The third kappa shape index (κ3) is 3.15. The summed E-state index contributed by atoms with van der Waals surface area (Å²) in [5.74, 6) is 0.603. The summed E-state index contributed by atoms with van der Waals surface area (Å²) >= 11 is 5.86. The highest BCUT2D eigenvalue weighted by molar-refractivity contribution is 6.30. The summed E-state index contributed by atoms with van der Waals surface area (Å²) in [5, 5.41) is 0.606. The number of halogens is 1. The molecule has 0 fully saturated rings. The average Bonchev–Trinajstić information content (AvgIpc) is 2.28. The molecule has 0 radical (unpaired) electrons. The van der Waals surface area contributed by atoms with Gasteiger partial charge in [0.15, 0.2) is 0 Å². The molecule has 0 atom stereocenters. The summed E-state index contributed by atoms with van der Waals surface area (Å²) in [6.45, 7) is 2.22. The lowest BCUT2D eigenvalue weighted by molar-refractivity contribution is 0.438. The fraction of sp³-hybridized carbons (Fsp3) is 0.167. The molecule has 88 valence electrons. The highest BCUT2D eigenvalue weighted by Crippen LogP contribution is 2.21. The van der Waals surface area contributed by atoms with E-state index in [4.69, 9.17) is 22.1 Å². The molecule has 17 heavy (non-hydrogen) atoms. The Morgan fingerprint density at radius 3 is 2.82 bits per heavy atom. The largest absolute Gasteiger partial charge is 0.424 e. The maximum Gasteiger partial charge on any atom is 0.322 e. The Morgan fingerprint density at radius 1 is 1.29 bits per heavy atom. The van der Waals surface area contributed by atoms with Crippen LogP contribution in [0.25, 0.3) is 0 Å². The van der Waals surface area contributed by atoms with E-state index in [0.29, 0.717) is 17.3 Å². The summed E-state index contributed by atoms with van der Waals surface area (Å²) in [4.78, 5) is 8.35.